The van der Waals surface area contributed by atoms with Crippen molar-refractivity contribution >= 4 is 31.4 Å². The van der Waals surface area contributed by atoms with E-state index in [0.29, 0.717) is 6.54 Å². The van der Waals surface area contributed by atoms with Crippen LogP contribution in [0.4, 0.5) is 4.79 Å². The summed E-state index contributed by atoms with van der Waals surface area (Å²) in [4.78, 5) is 15.7. The highest BCUT2D eigenvalue weighted by molar-refractivity contribution is 8.14. The van der Waals surface area contributed by atoms with Gasteiger partial charge in [-0.1, -0.05) is 20.8 Å². The van der Waals surface area contributed by atoms with Crippen LogP contribution >= 0.6 is 11.8 Å². The topological polar surface area (TPSA) is 110 Å². The molecule has 5 atom stereocenters. The molecule has 0 aliphatic carbocycles. The second-order valence-electron chi connectivity index (χ2n) is 8.02. The predicted octanol–water partition coefficient (Wildman–Crippen LogP) is 1.67. The summed E-state index contributed by atoms with van der Waals surface area (Å²) in [7, 11) is -2.00. The minimum Gasteiger partial charge on any atom is -0.414 e. The molecule has 1 amide bonds. The molecule has 2 heterocycles. The zero-order valence-electron chi connectivity index (χ0n) is 16.2. The first kappa shape index (κ1) is 21.6. The van der Waals surface area contributed by atoms with Gasteiger partial charge in [-0.05, 0) is 36.8 Å². The fraction of sp³-hybridized carbons (Fsp3) is 0.875. The molecule has 2 rings (SSSR count). The minimum atomic E-state index is -2.00. The number of aliphatic hydroxyl groups is 2. The maximum absolute atomic E-state index is 11.5. The number of fused-ring (bicyclic) bond motifs is 1. The molecule has 0 radical (unpaired) electrons. The maximum atomic E-state index is 11.5. The fourth-order valence-corrected chi connectivity index (χ4v) is 4.44. The lowest BCUT2D eigenvalue weighted by atomic mass is 9.99. The largest absolute Gasteiger partial charge is 0.414 e. The summed E-state index contributed by atoms with van der Waals surface area (Å²) in [5.74, 6) is 0. The molecule has 10 heteroatoms. The van der Waals surface area contributed by atoms with Crippen molar-refractivity contribution in [2.24, 2.45) is 4.99 Å². The van der Waals surface area contributed by atoms with Crippen LogP contribution in [0.3, 0.4) is 0 Å². The summed E-state index contributed by atoms with van der Waals surface area (Å²) in [6, 6.07) is -0.677. The molecule has 8 nitrogen and oxygen atoms in total. The van der Waals surface area contributed by atoms with Gasteiger partial charge in [-0.25, -0.2) is 9.79 Å². The Hall–Kier alpha value is -0.653. The number of carbonyl (C=O) groups excluding carboxylic acids is 1. The summed E-state index contributed by atoms with van der Waals surface area (Å²) >= 11 is 1.13. The minimum absolute atomic E-state index is 0.0344. The van der Waals surface area contributed by atoms with Crippen LogP contribution in [0, 0.1) is 0 Å². The molecule has 0 aromatic carbocycles. The number of alkyl carbamates (subject to hydrolysis) is 1. The highest BCUT2D eigenvalue weighted by atomic mass is 32.2. The Morgan fingerprint density at radius 2 is 2.00 bits per heavy atom. The molecule has 2 aliphatic rings. The third-order valence-electron chi connectivity index (χ3n) is 5.06. The highest BCUT2D eigenvalue weighted by Crippen LogP contribution is 2.39. The smallest absolute Gasteiger partial charge is 0.414 e. The molecule has 150 valence electrons. The molecule has 26 heavy (non-hydrogen) atoms. The first-order chi connectivity index (χ1) is 12.0. The number of hydrogen-bond acceptors (Lipinski definition) is 8. The second kappa shape index (κ2) is 8.15. The molecule has 0 bridgehead atoms. The molecule has 0 spiro atoms. The van der Waals surface area contributed by atoms with Gasteiger partial charge in [0, 0.05) is 6.54 Å². The maximum Gasteiger partial charge on any atom is 0.414 e. The zero-order chi connectivity index (χ0) is 19.7. The lowest BCUT2D eigenvalue weighted by Gasteiger charge is -2.41. The van der Waals surface area contributed by atoms with E-state index in [1.165, 1.54) is 0 Å². The SMILES string of the molecule is CCNC(=O)OC1=N[C@@H]2[C@@H](O)[C@H](O)[C@@H](CO[Si](C)(C)C(C)(C)C)O[C@@H]2S1. The monoisotopic (exact) mass is 406 g/mol. The van der Waals surface area contributed by atoms with E-state index in [1.54, 1.807) is 6.92 Å². The van der Waals surface area contributed by atoms with Crippen molar-refractivity contribution in [3.8, 4) is 0 Å². The van der Waals surface area contributed by atoms with Gasteiger partial charge < -0.3 is 29.4 Å². The Morgan fingerprint density at radius 1 is 1.35 bits per heavy atom. The van der Waals surface area contributed by atoms with Crippen LogP contribution in [0.1, 0.15) is 27.7 Å². The van der Waals surface area contributed by atoms with Crippen molar-refractivity contribution < 1.29 is 28.9 Å². The number of nitrogens with zero attached hydrogens (tertiary/aromatic N) is 1. The first-order valence-electron chi connectivity index (χ1n) is 8.82. The predicted molar refractivity (Wildman–Crippen MR) is 103 cm³/mol. The quantitative estimate of drug-likeness (QED) is 0.609. The number of aliphatic hydroxyl groups excluding tert-OH is 2. The van der Waals surface area contributed by atoms with Crippen molar-refractivity contribution in [1.29, 1.82) is 0 Å². The zero-order valence-corrected chi connectivity index (χ0v) is 18.0. The number of thioether (sulfide) groups is 1. The first-order valence-corrected chi connectivity index (χ1v) is 12.6. The molecule has 1 saturated heterocycles. The van der Waals surface area contributed by atoms with Crippen LogP contribution in [0.5, 0.6) is 0 Å². The molecular formula is C16H30N2O6SSi. The summed E-state index contributed by atoms with van der Waals surface area (Å²) < 4.78 is 17.1. The van der Waals surface area contributed by atoms with Crippen LogP contribution < -0.4 is 5.32 Å². The summed E-state index contributed by atoms with van der Waals surface area (Å²) in [6.07, 6.45) is -3.49. The highest BCUT2D eigenvalue weighted by Gasteiger charge is 2.50. The number of ether oxygens (including phenoxy) is 2. The lowest BCUT2D eigenvalue weighted by Crippen LogP contribution is -2.57. The molecule has 0 saturated carbocycles. The van der Waals surface area contributed by atoms with E-state index < -0.39 is 44.2 Å². The van der Waals surface area contributed by atoms with Crippen molar-refractivity contribution in [2.45, 2.75) is 75.6 Å². The van der Waals surface area contributed by atoms with E-state index in [-0.39, 0.29) is 16.9 Å². The van der Waals surface area contributed by atoms with Gasteiger partial charge in [0.05, 0.1) is 6.61 Å². The van der Waals surface area contributed by atoms with E-state index in [9.17, 15) is 15.0 Å². The van der Waals surface area contributed by atoms with Crippen molar-refractivity contribution in [3.05, 3.63) is 0 Å². The number of rotatable bonds is 4. The summed E-state index contributed by atoms with van der Waals surface area (Å²) in [5.41, 5.74) is -0.522. The Labute approximate surface area is 159 Å². The van der Waals surface area contributed by atoms with Gasteiger partial charge in [-0.15, -0.1) is 0 Å². The molecule has 0 aromatic heterocycles. The molecule has 0 aromatic rings. The van der Waals surface area contributed by atoms with Crippen molar-refractivity contribution in [3.63, 3.8) is 0 Å². The van der Waals surface area contributed by atoms with Gasteiger partial charge in [0.25, 0.3) is 5.23 Å². The summed E-state index contributed by atoms with van der Waals surface area (Å²) in [6.45, 7) is 13.1. The van der Waals surface area contributed by atoms with E-state index in [0.717, 1.165) is 11.8 Å². The van der Waals surface area contributed by atoms with E-state index in [4.69, 9.17) is 13.9 Å². The molecule has 3 N–H and O–H groups in total. The third-order valence-corrected chi connectivity index (χ3v) is 10.6. The van der Waals surface area contributed by atoms with Crippen LogP contribution in [-0.4, -0.2) is 72.8 Å². The summed E-state index contributed by atoms with van der Waals surface area (Å²) in [5, 5.41) is 23.5. The molecule has 2 aliphatic heterocycles. The number of carbonyl (C=O) groups is 1. The molecular weight excluding hydrogens is 376 g/mol. The number of hydrogen-bond donors (Lipinski definition) is 3. The Balaban J connectivity index is 1.98. The number of nitrogens with one attached hydrogen (secondary N) is 1. The Bertz CT molecular complexity index is 553. The second-order valence-corrected chi connectivity index (χ2v) is 13.9. The van der Waals surface area contributed by atoms with Crippen molar-refractivity contribution in [1.82, 2.24) is 5.32 Å². The van der Waals surface area contributed by atoms with E-state index in [2.05, 4.69) is 44.2 Å². The van der Waals surface area contributed by atoms with Gasteiger partial charge >= 0.3 is 6.09 Å². The molecule has 0 unspecified atom stereocenters. The molecule has 1 fully saturated rings. The van der Waals surface area contributed by atoms with Gasteiger partial charge in [0.1, 0.15) is 29.8 Å². The average Bonchev–Trinajstić information content (AvgIpc) is 2.91. The van der Waals surface area contributed by atoms with Crippen LogP contribution in [0.15, 0.2) is 4.99 Å². The number of amides is 1. The van der Waals surface area contributed by atoms with Gasteiger partial charge in [-0.2, -0.15) is 0 Å². The average molecular weight is 407 g/mol. The Morgan fingerprint density at radius 3 is 2.58 bits per heavy atom. The van der Waals surface area contributed by atoms with E-state index in [1.807, 2.05) is 0 Å². The fourth-order valence-electron chi connectivity index (χ4n) is 2.36. The Kier molecular flexibility index (Phi) is 6.79. The lowest BCUT2D eigenvalue weighted by molar-refractivity contribution is -0.162. The van der Waals surface area contributed by atoms with Crippen LogP contribution in [0.25, 0.3) is 0 Å². The standard InChI is InChI=1S/C16H30N2O6SSi/c1-7-17-14(21)24-15-18-10-12(20)11(19)9(23-13(10)25-15)8-22-26(5,6)16(2,3)4/h9-13,19-20H,7-8H2,1-6H3,(H,17,21)/t9-,10-,11-,12-,13-/m1/s1. The third kappa shape index (κ3) is 4.79. The van der Waals surface area contributed by atoms with Gasteiger partial charge in [-0.3, -0.25) is 0 Å². The van der Waals surface area contributed by atoms with E-state index >= 15 is 0 Å². The van der Waals surface area contributed by atoms with Crippen LogP contribution in [0.2, 0.25) is 18.1 Å². The van der Waals surface area contributed by atoms with Gasteiger partial charge in [0.15, 0.2) is 8.32 Å². The van der Waals surface area contributed by atoms with Gasteiger partial charge in [0.2, 0.25) is 0 Å². The van der Waals surface area contributed by atoms with Crippen LogP contribution in [-0.2, 0) is 13.9 Å². The number of aliphatic imine (C=N–C) groups is 1. The van der Waals surface area contributed by atoms with Crippen molar-refractivity contribution in [2.75, 3.05) is 13.2 Å². The normalized spacial score (nSPS) is 32.0.